The first kappa shape index (κ1) is 38.7. The summed E-state index contributed by atoms with van der Waals surface area (Å²) in [6.07, 6.45) is -9.91. The number of rotatable bonds is 7. The molecule has 0 unspecified atom stereocenters. The molecule has 6 rings (SSSR count). The van der Waals surface area contributed by atoms with E-state index in [0.29, 0.717) is 43.6 Å². The van der Waals surface area contributed by atoms with Gasteiger partial charge in [0.25, 0.3) is 0 Å². The zero-order valence-electron chi connectivity index (χ0n) is 26.9. The predicted molar refractivity (Wildman–Crippen MR) is 199 cm³/mol. The molecule has 0 aliphatic heterocycles. The molecule has 0 heterocycles. The number of nitrogens with zero attached hydrogens (tertiary/aromatic N) is 2. The lowest BCUT2D eigenvalue weighted by molar-refractivity contribution is -0.143. The molecule has 0 aromatic heterocycles. The van der Waals surface area contributed by atoms with Crippen molar-refractivity contribution in [3.05, 3.63) is 171 Å². The lowest BCUT2D eigenvalue weighted by atomic mass is 10.1. The monoisotopic (exact) mass is 792 g/mol. The highest BCUT2D eigenvalue weighted by atomic mass is 35.5. The van der Waals surface area contributed by atoms with E-state index in [1.54, 1.807) is 7.11 Å². The Hall–Kier alpha value is -4.54. The Labute approximate surface area is 316 Å². The average molecular weight is 794 g/mol. The minimum absolute atomic E-state index is 0.0887. The third-order valence-corrected chi connectivity index (χ3v) is 8.49. The molecular weight excluding hydrogens is 768 g/mol. The minimum Gasteiger partial charge on any atom is -0.497 e. The summed E-state index contributed by atoms with van der Waals surface area (Å²) in [6.45, 7) is 0. The van der Waals surface area contributed by atoms with Gasteiger partial charge in [-0.1, -0.05) is 52.5 Å². The zero-order valence-corrected chi connectivity index (χ0v) is 29.9. The number of alkyl halides is 6. The predicted octanol–water partition coefficient (Wildman–Crippen LogP) is 15.0. The molecule has 0 bridgehead atoms. The lowest BCUT2D eigenvalue weighted by Gasteiger charge is -2.27. The van der Waals surface area contributed by atoms with Gasteiger partial charge in [-0.25, -0.2) is 0 Å². The highest BCUT2D eigenvalue weighted by Crippen LogP contribution is 2.43. The van der Waals surface area contributed by atoms with Gasteiger partial charge >= 0.3 is 12.4 Å². The number of hydrogen-bond donors (Lipinski definition) is 0. The minimum atomic E-state index is -4.96. The Morgan fingerprint density at radius 3 is 1.04 bits per heavy atom. The van der Waals surface area contributed by atoms with E-state index in [4.69, 9.17) is 51.1 Å². The molecular formula is C39H26Cl4F6N2O. The molecule has 268 valence electrons. The molecule has 0 radical (unpaired) electrons. The molecule has 0 saturated heterocycles. The molecule has 0 spiro atoms. The third-order valence-electron chi connectivity index (χ3n) is 7.48. The Bertz CT molecular complexity index is 1970. The quantitative estimate of drug-likeness (QED) is 0.150. The summed E-state index contributed by atoms with van der Waals surface area (Å²) in [4.78, 5) is 3.38. The van der Waals surface area contributed by atoms with Crippen molar-refractivity contribution in [2.24, 2.45) is 0 Å². The van der Waals surface area contributed by atoms with Gasteiger partial charge in [0.2, 0.25) is 0 Å². The first-order valence-corrected chi connectivity index (χ1v) is 16.7. The summed E-state index contributed by atoms with van der Waals surface area (Å²) in [5.41, 5.74) is 0.527. The fourth-order valence-electron chi connectivity index (χ4n) is 5.07. The summed E-state index contributed by atoms with van der Waals surface area (Å²) in [6, 6.07) is 36.7. The maximum absolute atomic E-state index is 13.3. The normalized spacial score (nSPS) is 11.4. The molecule has 0 N–H and O–H groups in total. The third kappa shape index (κ3) is 9.86. The SMILES string of the molecule is COc1cccc(N(c2ccc(Cl)cc2)c2ccc(Cl)cc2)c1.FC(F)(F)c1cc(N(c2ccc(Cl)cc2)c2ccc(Cl)cc2)cc(C(F)(F)F)c1. The second-order valence-electron chi connectivity index (χ2n) is 11.0. The molecule has 6 aromatic rings. The van der Waals surface area contributed by atoms with Crippen molar-refractivity contribution in [1.29, 1.82) is 0 Å². The fourth-order valence-corrected chi connectivity index (χ4v) is 5.58. The zero-order chi connectivity index (χ0) is 37.6. The smallest absolute Gasteiger partial charge is 0.416 e. The van der Waals surface area contributed by atoms with Crippen molar-refractivity contribution >= 4 is 80.5 Å². The van der Waals surface area contributed by atoms with Gasteiger partial charge in [0.05, 0.1) is 18.2 Å². The lowest BCUT2D eigenvalue weighted by Crippen LogP contribution is -2.15. The first-order valence-electron chi connectivity index (χ1n) is 15.2. The number of ether oxygens (including phenoxy) is 1. The van der Waals surface area contributed by atoms with E-state index >= 15 is 0 Å². The van der Waals surface area contributed by atoms with Crippen LogP contribution >= 0.6 is 46.4 Å². The van der Waals surface area contributed by atoms with E-state index in [1.807, 2.05) is 72.8 Å². The van der Waals surface area contributed by atoms with E-state index in [9.17, 15) is 26.3 Å². The van der Waals surface area contributed by atoms with Gasteiger partial charge in [0, 0.05) is 60.3 Å². The van der Waals surface area contributed by atoms with Crippen molar-refractivity contribution in [3.8, 4) is 5.75 Å². The molecule has 13 heteroatoms. The molecule has 0 amide bonds. The second-order valence-corrected chi connectivity index (χ2v) is 12.8. The maximum atomic E-state index is 13.3. The average Bonchev–Trinajstić information content (AvgIpc) is 3.11. The number of anilines is 6. The van der Waals surface area contributed by atoms with Crippen LogP contribution in [0.15, 0.2) is 140 Å². The van der Waals surface area contributed by atoms with Crippen LogP contribution in [0.1, 0.15) is 11.1 Å². The van der Waals surface area contributed by atoms with Crippen molar-refractivity contribution in [1.82, 2.24) is 0 Å². The van der Waals surface area contributed by atoms with Crippen LogP contribution in [0.5, 0.6) is 5.75 Å². The van der Waals surface area contributed by atoms with Gasteiger partial charge in [-0.15, -0.1) is 0 Å². The summed E-state index contributed by atoms with van der Waals surface area (Å²) < 4.78 is 85.1. The van der Waals surface area contributed by atoms with Gasteiger partial charge < -0.3 is 14.5 Å². The fraction of sp³-hybridized carbons (Fsp3) is 0.0769. The number of hydrogen-bond acceptors (Lipinski definition) is 3. The molecule has 0 fully saturated rings. The highest BCUT2D eigenvalue weighted by molar-refractivity contribution is 6.31. The van der Waals surface area contributed by atoms with Crippen molar-refractivity contribution in [2.45, 2.75) is 12.4 Å². The van der Waals surface area contributed by atoms with E-state index in [2.05, 4.69) is 4.90 Å². The molecule has 3 nitrogen and oxygen atoms in total. The van der Waals surface area contributed by atoms with Crippen LogP contribution in [-0.4, -0.2) is 7.11 Å². The Kier molecular flexibility index (Phi) is 12.2. The molecule has 0 aliphatic rings. The largest absolute Gasteiger partial charge is 0.497 e. The molecule has 0 saturated carbocycles. The Morgan fingerprint density at radius 1 is 0.404 bits per heavy atom. The molecule has 0 aliphatic carbocycles. The van der Waals surface area contributed by atoms with E-state index in [0.717, 1.165) is 22.8 Å². The van der Waals surface area contributed by atoms with Gasteiger partial charge in [-0.05, 0) is 127 Å². The van der Waals surface area contributed by atoms with Crippen LogP contribution in [0.4, 0.5) is 60.5 Å². The van der Waals surface area contributed by atoms with E-state index in [1.165, 1.54) is 53.4 Å². The van der Waals surface area contributed by atoms with Gasteiger partial charge in [-0.3, -0.25) is 0 Å². The number of methoxy groups -OCH3 is 1. The summed E-state index contributed by atoms with van der Waals surface area (Å²) >= 11 is 23.8. The van der Waals surface area contributed by atoms with Crippen LogP contribution in [0.2, 0.25) is 20.1 Å². The second kappa shape index (κ2) is 16.4. The van der Waals surface area contributed by atoms with Gasteiger partial charge in [-0.2, -0.15) is 26.3 Å². The molecule has 52 heavy (non-hydrogen) atoms. The summed E-state index contributed by atoms with van der Waals surface area (Å²) in [7, 11) is 1.66. The van der Waals surface area contributed by atoms with E-state index in [-0.39, 0.29) is 11.8 Å². The van der Waals surface area contributed by atoms with Crippen LogP contribution in [0.25, 0.3) is 0 Å². The topological polar surface area (TPSA) is 15.7 Å². The number of benzene rings is 6. The van der Waals surface area contributed by atoms with Crippen LogP contribution in [0.3, 0.4) is 0 Å². The van der Waals surface area contributed by atoms with Gasteiger partial charge in [0.1, 0.15) is 5.75 Å². The van der Waals surface area contributed by atoms with Crippen LogP contribution in [-0.2, 0) is 12.4 Å². The van der Waals surface area contributed by atoms with Crippen molar-refractivity contribution in [3.63, 3.8) is 0 Å². The summed E-state index contributed by atoms with van der Waals surface area (Å²) in [5.74, 6) is 0.801. The Balaban J connectivity index is 0.000000206. The van der Waals surface area contributed by atoms with Gasteiger partial charge in [0.15, 0.2) is 0 Å². The van der Waals surface area contributed by atoms with Crippen molar-refractivity contribution in [2.75, 3.05) is 16.9 Å². The van der Waals surface area contributed by atoms with Crippen LogP contribution in [0, 0.1) is 0 Å². The van der Waals surface area contributed by atoms with Crippen LogP contribution < -0.4 is 14.5 Å². The maximum Gasteiger partial charge on any atom is 0.416 e. The first-order chi connectivity index (χ1) is 24.6. The molecule has 0 atom stereocenters. The van der Waals surface area contributed by atoms with E-state index < -0.39 is 23.5 Å². The standard InChI is InChI=1S/C20H11Cl2F6N.C19H15Cl2NO/c21-14-1-5-16(6-2-14)29(17-7-3-15(22)4-8-17)18-10-12(19(23,24)25)9-13(11-18)20(26,27)28;1-23-19-4-2-3-18(13-19)22(16-9-5-14(20)6-10-16)17-11-7-15(21)8-12-17/h1-11H;2-13H,1H3. The summed E-state index contributed by atoms with van der Waals surface area (Å²) in [5, 5.41) is 2.14. The van der Waals surface area contributed by atoms with Crippen molar-refractivity contribution < 1.29 is 31.1 Å². The number of halogens is 10. The Morgan fingerprint density at radius 2 is 0.731 bits per heavy atom. The molecule has 6 aromatic carbocycles. The highest BCUT2D eigenvalue weighted by Gasteiger charge is 2.37.